The molecule has 0 saturated carbocycles. The smallest absolute Gasteiger partial charge is 0.134 e. The van der Waals surface area contributed by atoms with E-state index in [2.05, 4.69) is 193 Å². The fourth-order valence-electron chi connectivity index (χ4n) is 7.95. The number of para-hydroxylation sites is 1. The lowest BCUT2D eigenvalue weighted by Gasteiger charge is -2.29. The van der Waals surface area contributed by atoms with Gasteiger partial charge in [0.1, 0.15) is 11.3 Å². The molecule has 2 nitrogen and oxygen atoms in total. The van der Waals surface area contributed by atoms with E-state index >= 15 is 0 Å². The van der Waals surface area contributed by atoms with Gasteiger partial charge in [0.2, 0.25) is 0 Å². The Bertz CT molecular complexity index is 2710. The van der Waals surface area contributed by atoms with Crippen molar-refractivity contribution in [2.24, 2.45) is 0 Å². The molecular weight excluding hydrogens is 631 g/mol. The van der Waals surface area contributed by atoms with Crippen molar-refractivity contribution in [1.82, 2.24) is 0 Å². The largest absolute Gasteiger partial charge is 0.460 e. The van der Waals surface area contributed by atoms with Gasteiger partial charge in [0, 0.05) is 34.3 Å². The second-order valence-corrected chi connectivity index (χ2v) is 13.6. The van der Waals surface area contributed by atoms with E-state index in [0.29, 0.717) is 0 Å². The lowest BCUT2D eigenvalue weighted by molar-refractivity contribution is 0.546. The van der Waals surface area contributed by atoms with Crippen molar-refractivity contribution in [3.8, 4) is 44.5 Å². The maximum absolute atomic E-state index is 6.31. The molecule has 0 fully saturated rings. The molecule has 8 aromatic carbocycles. The van der Waals surface area contributed by atoms with Crippen molar-refractivity contribution >= 4 is 38.8 Å². The van der Waals surface area contributed by atoms with Gasteiger partial charge < -0.3 is 9.32 Å². The SMILES string of the molecule is c1ccc(-c2ccc(N(c3ccc(-c4ccc5c(c4)-c4c(oc6ccccc46)CC5)cc3)c3cc4ccccc4cc3-c3ccccc3)cc2)cc1. The van der Waals surface area contributed by atoms with E-state index in [-0.39, 0.29) is 0 Å². The first-order chi connectivity index (χ1) is 25.8. The van der Waals surface area contributed by atoms with Gasteiger partial charge in [-0.05, 0) is 105 Å². The Kier molecular flexibility index (Phi) is 7.32. The first-order valence-electron chi connectivity index (χ1n) is 18.0. The molecule has 1 aromatic heterocycles. The maximum Gasteiger partial charge on any atom is 0.134 e. The van der Waals surface area contributed by atoms with Gasteiger partial charge in [-0.3, -0.25) is 0 Å². The molecule has 0 unspecified atom stereocenters. The van der Waals surface area contributed by atoms with Gasteiger partial charge in [-0.2, -0.15) is 0 Å². The van der Waals surface area contributed by atoms with Crippen LogP contribution in [0.25, 0.3) is 66.2 Å². The summed E-state index contributed by atoms with van der Waals surface area (Å²) >= 11 is 0. The third kappa shape index (κ3) is 5.28. The Labute approximate surface area is 303 Å². The van der Waals surface area contributed by atoms with Crippen molar-refractivity contribution in [3.63, 3.8) is 0 Å². The molecular formula is C50H35NO. The molecule has 1 aliphatic carbocycles. The number of furan rings is 1. The highest BCUT2D eigenvalue weighted by atomic mass is 16.3. The molecule has 2 heteroatoms. The van der Waals surface area contributed by atoms with Gasteiger partial charge in [-0.1, -0.05) is 140 Å². The summed E-state index contributed by atoms with van der Waals surface area (Å²) in [5.74, 6) is 1.10. The van der Waals surface area contributed by atoms with Crippen LogP contribution in [0, 0.1) is 0 Å². The average Bonchev–Trinajstić information content (AvgIpc) is 3.61. The first kappa shape index (κ1) is 30.2. The molecule has 10 rings (SSSR count). The number of anilines is 3. The van der Waals surface area contributed by atoms with Crippen molar-refractivity contribution in [2.75, 3.05) is 4.90 Å². The van der Waals surface area contributed by atoms with Crippen LogP contribution < -0.4 is 4.90 Å². The predicted octanol–water partition coefficient (Wildman–Crippen LogP) is 13.8. The summed E-state index contributed by atoms with van der Waals surface area (Å²) in [5, 5.41) is 3.63. The molecule has 0 atom stereocenters. The van der Waals surface area contributed by atoms with E-state index in [0.717, 1.165) is 41.2 Å². The van der Waals surface area contributed by atoms with E-state index in [1.807, 2.05) is 0 Å². The Morgan fingerprint density at radius 3 is 1.67 bits per heavy atom. The lowest BCUT2D eigenvalue weighted by Crippen LogP contribution is -2.11. The van der Waals surface area contributed by atoms with Crippen LogP contribution in [0.15, 0.2) is 192 Å². The minimum atomic E-state index is 0.937. The minimum absolute atomic E-state index is 0.937. The second kappa shape index (κ2) is 12.6. The van der Waals surface area contributed by atoms with E-state index < -0.39 is 0 Å². The number of rotatable bonds is 6. The fraction of sp³-hybridized carbons (Fsp3) is 0.0400. The highest BCUT2D eigenvalue weighted by Gasteiger charge is 2.24. The Hall–Kier alpha value is -6.64. The molecule has 0 amide bonds. The third-order valence-electron chi connectivity index (χ3n) is 10.6. The summed E-state index contributed by atoms with van der Waals surface area (Å²) in [5.41, 5.74) is 15.4. The summed E-state index contributed by atoms with van der Waals surface area (Å²) in [4.78, 5) is 2.41. The number of hydrogen-bond donors (Lipinski definition) is 0. The summed E-state index contributed by atoms with van der Waals surface area (Å²) in [7, 11) is 0. The van der Waals surface area contributed by atoms with Crippen LogP contribution in [0.1, 0.15) is 11.3 Å². The average molecular weight is 666 g/mol. The van der Waals surface area contributed by atoms with Crippen LogP contribution in [-0.4, -0.2) is 0 Å². The van der Waals surface area contributed by atoms with Gasteiger partial charge in [0.25, 0.3) is 0 Å². The van der Waals surface area contributed by atoms with E-state index in [1.54, 1.807) is 0 Å². The highest BCUT2D eigenvalue weighted by molar-refractivity contribution is 6.00. The number of benzene rings is 8. The summed E-state index contributed by atoms with van der Waals surface area (Å²) < 4.78 is 6.31. The molecule has 0 N–H and O–H groups in total. The monoisotopic (exact) mass is 665 g/mol. The molecule has 9 aromatic rings. The number of nitrogens with zero attached hydrogens (tertiary/aromatic N) is 1. The molecule has 1 aliphatic rings. The third-order valence-corrected chi connectivity index (χ3v) is 10.6. The zero-order valence-electron chi connectivity index (χ0n) is 28.7. The highest BCUT2D eigenvalue weighted by Crippen LogP contribution is 2.45. The molecule has 0 spiro atoms. The summed E-state index contributed by atoms with van der Waals surface area (Å²) in [6.07, 6.45) is 1.93. The minimum Gasteiger partial charge on any atom is -0.460 e. The Balaban J connectivity index is 1.10. The molecule has 0 bridgehead atoms. The van der Waals surface area contributed by atoms with Crippen LogP contribution in [0.5, 0.6) is 0 Å². The van der Waals surface area contributed by atoms with Crippen LogP contribution in [-0.2, 0) is 12.8 Å². The second-order valence-electron chi connectivity index (χ2n) is 13.6. The molecule has 52 heavy (non-hydrogen) atoms. The Morgan fingerprint density at radius 1 is 0.404 bits per heavy atom. The normalized spacial score (nSPS) is 12.1. The van der Waals surface area contributed by atoms with Crippen molar-refractivity contribution in [3.05, 3.63) is 199 Å². The number of fused-ring (bicyclic) bond motifs is 6. The summed E-state index contributed by atoms with van der Waals surface area (Å²) in [6.45, 7) is 0. The Morgan fingerprint density at radius 2 is 0.962 bits per heavy atom. The number of aryl methyl sites for hydroxylation is 2. The van der Waals surface area contributed by atoms with Gasteiger partial charge in [-0.25, -0.2) is 0 Å². The van der Waals surface area contributed by atoms with Crippen LogP contribution in [0.4, 0.5) is 17.1 Å². The van der Waals surface area contributed by atoms with Crippen LogP contribution in [0.2, 0.25) is 0 Å². The lowest BCUT2D eigenvalue weighted by atomic mass is 9.86. The van der Waals surface area contributed by atoms with E-state index in [1.165, 1.54) is 66.2 Å². The van der Waals surface area contributed by atoms with Crippen LogP contribution >= 0.6 is 0 Å². The van der Waals surface area contributed by atoms with E-state index in [9.17, 15) is 0 Å². The standard InChI is InChI=1S/C50H35NO/c1-3-11-34(12-4-1)35-21-26-42(27-22-35)51(47-33-40-16-8-7-15-39(40)31-45(47)37-13-5-2-6-14-37)43-28-23-36(24-29-43)41-20-19-38-25-30-49-50(46(38)32-41)44-17-9-10-18-48(44)52-49/h1-24,26-29,31-33H,25,30H2. The molecule has 1 heterocycles. The zero-order valence-corrected chi connectivity index (χ0v) is 28.7. The predicted molar refractivity (Wildman–Crippen MR) is 218 cm³/mol. The van der Waals surface area contributed by atoms with Crippen molar-refractivity contribution in [1.29, 1.82) is 0 Å². The van der Waals surface area contributed by atoms with Crippen molar-refractivity contribution < 1.29 is 4.42 Å². The van der Waals surface area contributed by atoms with E-state index in [4.69, 9.17) is 4.42 Å². The number of hydrogen-bond acceptors (Lipinski definition) is 2. The van der Waals surface area contributed by atoms with Crippen LogP contribution in [0.3, 0.4) is 0 Å². The molecule has 0 radical (unpaired) electrons. The first-order valence-corrected chi connectivity index (χ1v) is 18.0. The van der Waals surface area contributed by atoms with Gasteiger partial charge >= 0.3 is 0 Å². The molecule has 246 valence electrons. The fourth-order valence-corrected chi connectivity index (χ4v) is 7.95. The molecule has 0 saturated heterocycles. The maximum atomic E-state index is 6.31. The van der Waals surface area contributed by atoms with Gasteiger partial charge in [-0.15, -0.1) is 0 Å². The zero-order chi connectivity index (χ0) is 34.4. The van der Waals surface area contributed by atoms with Crippen molar-refractivity contribution in [2.45, 2.75) is 12.8 Å². The summed E-state index contributed by atoms with van der Waals surface area (Å²) in [6, 6.07) is 68.0. The quantitative estimate of drug-likeness (QED) is 0.176. The van der Waals surface area contributed by atoms with Gasteiger partial charge in [0.15, 0.2) is 0 Å². The van der Waals surface area contributed by atoms with Gasteiger partial charge in [0.05, 0.1) is 5.69 Å². The molecule has 0 aliphatic heterocycles. The topological polar surface area (TPSA) is 16.4 Å².